The van der Waals surface area contributed by atoms with Crippen LogP contribution in [0.1, 0.15) is 39.4 Å². The number of amides is 2. The Balaban J connectivity index is 1.56. The number of nitrogens with one attached hydrogen (secondary N) is 1. The van der Waals surface area contributed by atoms with Gasteiger partial charge in [-0.1, -0.05) is 24.6 Å². The van der Waals surface area contributed by atoms with E-state index in [2.05, 4.69) is 0 Å². The zero-order valence-corrected chi connectivity index (χ0v) is 17.9. The third kappa shape index (κ3) is 3.87. The van der Waals surface area contributed by atoms with Crippen LogP contribution in [0.5, 0.6) is 0 Å². The number of sulfonamides is 1. The number of hydrogen-bond donors (Lipinski definition) is 2. The maximum absolute atomic E-state index is 13.4. The van der Waals surface area contributed by atoms with Gasteiger partial charge in [0.2, 0.25) is 15.9 Å². The van der Waals surface area contributed by atoms with Crippen molar-refractivity contribution in [3.8, 4) is 0 Å². The van der Waals surface area contributed by atoms with Crippen LogP contribution in [0, 0.1) is 0 Å². The first kappa shape index (κ1) is 21.0. The average molecular weight is 450 g/mol. The van der Waals surface area contributed by atoms with Crippen molar-refractivity contribution >= 4 is 33.2 Å². The van der Waals surface area contributed by atoms with E-state index in [9.17, 15) is 18.0 Å². The van der Waals surface area contributed by atoms with E-state index in [0.29, 0.717) is 37.4 Å². The van der Waals surface area contributed by atoms with Gasteiger partial charge in [-0.15, -0.1) is 11.3 Å². The third-order valence-electron chi connectivity index (χ3n) is 5.61. The second-order valence-electron chi connectivity index (χ2n) is 7.45. The van der Waals surface area contributed by atoms with Crippen molar-refractivity contribution in [2.45, 2.75) is 43.2 Å². The summed E-state index contributed by atoms with van der Waals surface area (Å²) >= 11 is 1.24. The van der Waals surface area contributed by atoms with E-state index in [1.807, 2.05) is 0 Å². The maximum atomic E-state index is 13.4. The molecule has 2 N–H and O–H groups in total. The lowest BCUT2D eigenvalue weighted by Gasteiger charge is -2.37. The summed E-state index contributed by atoms with van der Waals surface area (Å²) in [6.45, 7) is 1.14. The number of rotatable bonds is 4. The second kappa shape index (κ2) is 8.46. The van der Waals surface area contributed by atoms with E-state index < -0.39 is 22.0 Å². The zero-order valence-electron chi connectivity index (χ0n) is 16.3. The van der Waals surface area contributed by atoms with Crippen LogP contribution in [0.3, 0.4) is 0 Å². The van der Waals surface area contributed by atoms with Crippen molar-refractivity contribution in [2.24, 2.45) is 0 Å². The molecule has 1 aromatic heterocycles. The average Bonchev–Trinajstić information content (AvgIpc) is 3.22. The Kier molecular flexibility index (Phi) is 5.92. The van der Waals surface area contributed by atoms with Crippen molar-refractivity contribution in [3.63, 3.8) is 0 Å². The van der Waals surface area contributed by atoms with Crippen LogP contribution in [-0.4, -0.2) is 53.8 Å². The summed E-state index contributed by atoms with van der Waals surface area (Å²) in [6, 6.07) is 9.24. The molecule has 30 heavy (non-hydrogen) atoms. The molecule has 0 saturated carbocycles. The summed E-state index contributed by atoms with van der Waals surface area (Å²) in [7, 11) is -3.76. The lowest BCUT2D eigenvalue weighted by atomic mass is 10.0. The number of thiophene rings is 1. The molecule has 0 bridgehead atoms. The van der Waals surface area contributed by atoms with Crippen molar-refractivity contribution in [1.29, 1.82) is 0 Å². The molecule has 0 spiro atoms. The smallest absolute Gasteiger partial charge is 0.284 e. The molecule has 4 rings (SSSR count). The predicted molar refractivity (Wildman–Crippen MR) is 111 cm³/mol. The molecule has 8 nitrogen and oxygen atoms in total. The summed E-state index contributed by atoms with van der Waals surface area (Å²) < 4.78 is 27.7. The molecule has 1 aromatic carbocycles. The fourth-order valence-electron chi connectivity index (χ4n) is 4.05. The Morgan fingerprint density at radius 3 is 2.63 bits per heavy atom. The van der Waals surface area contributed by atoms with Gasteiger partial charge >= 0.3 is 0 Å². The van der Waals surface area contributed by atoms with E-state index in [1.165, 1.54) is 15.6 Å². The van der Waals surface area contributed by atoms with Gasteiger partial charge in [-0.2, -0.15) is 4.31 Å². The summed E-state index contributed by atoms with van der Waals surface area (Å²) in [5.41, 5.74) is 2.62. The summed E-state index contributed by atoms with van der Waals surface area (Å²) in [4.78, 5) is 28.2. The van der Waals surface area contributed by atoms with Gasteiger partial charge in [0.25, 0.3) is 5.91 Å². The van der Waals surface area contributed by atoms with Gasteiger partial charge in [-0.05, 0) is 43.0 Å². The minimum absolute atomic E-state index is 0.193. The van der Waals surface area contributed by atoms with Crippen LogP contribution in [0.2, 0.25) is 0 Å². The summed E-state index contributed by atoms with van der Waals surface area (Å²) in [5.74, 6) is -0.763. The van der Waals surface area contributed by atoms with Crippen LogP contribution < -0.4 is 5.48 Å². The normalized spacial score (nSPS) is 19.9. The molecule has 1 atom stereocenters. The minimum atomic E-state index is -3.76. The Hall–Kier alpha value is -2.27. The first-order valence-electron chi connectivity index (χ1n) is 9.83. The molecule has 0 aliphatic carbocycles. The van der Waals surface area contributed by atoms with Gasteiger partial charge in [0.1, 0.15) is 6.04 Å². The Bertz CT molecular complexity index is 1050. The van der Waals surface area contributed by atoms with Crippen molar-refractivity contribution in [3.05, 3.63) is 51.7 Å². The first-order valence-corrected chi connectivity index (χ1v) is 12.1. The van der Waals surface area contributed by atoms with Crippen LogP contribution in [0.25, 0.3) is 0 Å². The maximum Gasteiger partial charge on any atom is 0.284 e. The molecular weight excluding hydrogens is 426 g/mol. The van der Waals surface area contributed by atoms with E-state index in [4.69, 9.17) is 5.21 Å². The molecule has 0 radical (unpaired) electrons. The molecule has 1 fully saturated rings. The van der Waals surface area contributed by atoms with Crippen LogP contribution in [0.15, 0.2) is 41.3 Å². The lowest BCUT2D eigenvalue weighted by molar-refractivity contribution is -0.137. The fourth-order valence-corrected chi connectivity index (χ4v) is 6.84. The number of carbonyl (C=O) groups is 2. The van der Waals surface area contributed by atoms with Crippen LogP contribution >= 0.6 is 11.3 Å². The fraction of sp³-hybridized carbons (Fsp3) is 0.400. The standard InChI is InChI=1S/C20H23N3O5S2/c24-19(21-26)17-12-14-9-11-22(13-18(14)29-17)20(25)16-8-4-5-10-23(16)30(27,28)15-6-2-1-3-7-15/h1-3,6-7,12,16,26H,4-5,8-11,13H2,(H,21,24). The summed E-state index contributed by atoms with van der Waals surface area (Å²) in [5, 5.41) is 8.84. The number of piperidine rings is 1. The Morgan fingerprint density at radius 1 is 1.13 bits per heavy atom. The molecule has 1 saturated heterocycles. The number of benzene rings is 1. The summed E-state index contributed by atoms with van der Waals surface area (Å²) in [6.07, 6.45) is 2.62. The topological polar surface area (TPSA) is 107 Å². The molecule has 1 unspecified atom stereocenters. The van der Waals surface area contributed by atoms with Crippen LogP contribution in [-0.2, 0) is 27.8 Å². The minimum Gasteiger partial charge on any atom is -0.336 e. The van der Waals surface area contributed by atoms with E-state index in [0.717, 1.165) is 23.3 Å². The highest BCUT2D eigenvalue weighted by atomic mass is 32.2. The molecule has 3 heterocycles. The van der Waals surface area contributed by atoms with Gasteiger partial charge in [0, 0.05) is 18.0 Å². The van der Waals surface area contributed by atoms with Crippen molar-refractivity contribution in [2.75, 3.05) is 13.1 Å². The quantitative estimate of drug-likeness (QED) is 0.548. The van der Waals surface area contributed by atoms with Gasteiger partial charge in [-0.3, -0.25) is 14.8 Å². The number of hydroxylamine groups is 1. The van der Waals surface area contributed by atoms with E-state index >= 15 is 0 Å². The van der Waals surface area contributed by atoms with Gasteiger partial charge in [0.05, 0.1) is 16.3 Å². The van der Waals surface area contributed by atoms with Crippen LogP contribution in [0.4, 0.5) is 0 Å². The highest BCUT2D eigenvalue weighted by Crippen LogP contribution is 2.31. The van der Waals surface area contributed by atoms with Crippen molar-refractivity contribution < 1.29 is 23.2 Å². The molecule has 10 heteroatoms. The SMILES string of the molecule is O=C(NO)c1cc2c(s1)CN(C(=O)C1CCCCN1S(=O)(=O)c1ccccc1)CC2. The molecule has 2 aliphatic rings. The van der Waals surface area contributed by atoms with Crippen molar-refractivity contribution in [1.82, 2.24) is 14.7 Å². The lowest BCUT2D eigenvalue weighted by Crippen LogP contribution is -2.53. The highest BCUT2D eigenvalue weighted by molar-refractivity contribution is 7.89. The molecule has 2 amide bonds. The molecule has 2 aliphatic heterocycles. The second-order valence-corrected chi connectivity index (χ2v) is 10.5. The van der Waals surface area contributed by atoms with Gasteiger partial charge in [0.15, 0.2) is 0 Å². The number of carbonyl (C=O) groups excluding carboxylic acids is 2. The van der Waals surface area contributed by atoms with E-state index in [-0.39, 0.29) is 10.8 Å². The third-order valence-corrected chi connectivity index (χ3v) is 8.69. The van der Waals surface area contributed by atoms with Gasteiger partial charge in [-0.25, -0.2) is 13.9 Å². The Labute approximate surface area is 179 Å². The zero-order chi connectivity index (χ0) is 21.3. The molecule has 2 aromatic rings. The number of nitrogens with zero attached hydrogens (tertiary/aromatic N) is 2. The highest BCUT2D eigenvalue weighted by Gasteiger charge is 2.40. The molecular formula is C20H23N3O5S2. The largest absolute Gasteiger partial charge is 0.336 e. The first-order chi connectivity index (χ1) is 14.4. The monoisotopic (exact) mass is 449 g/mol. The van der Waals surface area contributed by atoms with E-state index in [1.54, 1.807) is 46.8 Å². The number of hydrogen-bond acceptors (Lipinski definition) is 6. The number of fused-ring (bicyclic) bond motifs is 1. The predicted octanol–water partition coefficient (Wildman–Crippen LogP) is 2.00. The molecule has 160 valence electrons. The Morgan fingerprint density at radius 2 is 1.90 bits per heavy atom. The van der Waals surface area contributed by atoms with Gasteiger partial charge < -0.3 is 4.90 Å².